The number of nitrogens with zero attached hydrogens (tertiary/aromatic N) is 5. The van der Waals surface area contributed by atoms with Crippen molar-refractivity contribution in [2.24, 2.45) is 0 Å². The van der Waals surface area contributed by atoms with E-state index < -0.39 is 0 Å². The molecule has 1 amide bonds. The number of aromatic nitrogens is 3. The van der Waals surface area contributed by atoms with E-state index in [4.69, 9.17) is 9.47 Å². The van der Waals surface area contributed by atoms with Crippen LogP contribution in [0.1, 0.15) is 41.7 Å². The molecule has 8 nitrogen and oxygen atoms in total. The van der Waals surface area contributed by atoms with Crippen molar-refractivity contribution in [2.45, 2.75) is 39.1 Å². The smallest absolute Gasteiger partial charge is 0.276 e. The first-order valence-corrected chi connectivity index (χ1v) is 9.78. The molecule has 8 heteroatoms. The monoisotopic (exact) mass is 385 g/mol. The van der Waals surface area contributed by atoms with Gasteiger partial charge in [0.25, 0.3) is 5.91 Å². The predicted molar refractivity (Wildman–Crippen MR) is 103 cm³/mol. The van der Waals surface area contributed by atoms with Gasteiger partial charge in [0.2, 0.25) is 0 Å². The number of hydrogen-bond acceptors (Lipinski definition) is 6. The minimum absolute atomic E-state index is 0.0452. The zero-order valence-electron chi connectivity index (χ0n) is 16.7. The molecular formula is C20H27N5O3. The Hall–Kier alpha value is -2.45. The third kappa shape index (κ3) is 3.62. The van der Waals surface area contributed by atoms with Crippen molar-refractivity contribution in [3.05, 3.63) is 41.2 Å². The zero-order chi connectivity index (χ0) is 19.7. The highest BCUT2D eigenvalue weighted by Crippen LogP contribution is 2.28. The van der Waals surface area contributed by atoms with Gasteiger partial charge in [0.15, 0.2) is 5.69 Å². The summed E-state index contributed by atoms with van der Waals surface area (Å²) in [5.74, 6) is 0.766. The van der Waals surface area contributed by atoms with E-state index in [0.717, 1.165) is 43.2 Å². The highest BCUT2D eigenvalue weighted by atomic mass is 16.5. The van der Waals surface area contributed by atoms with Crippen LogP contribution in [0.3, 0.4) is 0 Å². The molecule has 2 aliphatic rings. The first-order chi connectivity index (χ1) is 13.6. The Morgan fingerprint density at radius 3 is 2.54 bits per heavy atom. The third-order valence-electron chi connectivity index (χ3n) is 5.62. The molecular weight excluding hydrogens is 358 g/mol. The molecule has 0 saturated carbocycles. The van der Waals surface area contributed by atoms with E-state index in [1.165, 1.54) is 0 Å². The van der Waals surface area contributed by atoms with Gasteiger partial charge in [-0.05, 0) is 31.5 Å². The second kappa shape index (κ2) is 7.89. The molecule has 4 rings (SSSR count). The molecule has 1 atom stereocenters. The standard InChI is InChI=1S/C20H27N5O3/c1-14(2)23-8-10-24(11-9-23)20(26)19-17-13-28-18(12-25(17)22-21-19)15-4-6-16(27-3)7-5-15/h4-7,14,18H,8-13H2,1-3H3. The van der Waals surface area contributed by atoms with E-state index in [2.05, 4.69) is 29.1 Å². The number of piperazine rings is 1. The van der Waals surface area contributed by atoms with Crippen molar-refractivity contribution in [1.82, 2.24) is 24.8 Å². The van der Waals surface area contributed by atoms with Crippen LogP contribution in [0.5, 0.6) is 5.75 Å². The number of carbonyl (C=O) groups excluding carboxylic acids is 1. The van der Waals surface area contributed by atoms with Crippen LogP contribution < -0.4 is 4.74 Å². The van der Waals surface area contributed by atoms with E-state index >= 15 is 0 Å². The lowest BCUT2D eigenvalue weighted by Gasteiger charge is -2.36. The fourth-order valence-electron chi connectivity index (χ4n) is 3.79. The maximum Gasteiger partial charge on any atom is 0.276 e. The van der Waals surface area contributed by atoms with Gasteiger partial charge >= 0.3 is 0 Å². The SMILES string of the molecule is COc1ccc(C2Cn3nnc(C(=O)N4CCN(C(C)C)CC4)c3CO2)cc1. The number of methoxy groups -OCH3 is 1. The first-order valence-electron chi connectivity index (χ1n) is 9.78. The summed E-state index contributed by atoms with van der Waals surface area (Å²) in [6, 6.07) is 8.32. The lowest BCUT2D eigenvalue weighted by atomic mass is 10.1. The molecule has 1 fully saturated rings. The Morgan fingerprint density at radius 1 is 1.18 bits per heavy atom. The van der Waals surface area contributed by atoms with Gasteiger partial charge in [0, 0.05) is 32.2 Å². The summed E-state index contributed by atoms with van der Waals surface area (Å²) in [4.78, 5) is 17.2. The number of benzene rings is 1. The third-order valence-corrected chi connectivity index (χ3v) is 5.62. The summed E-state index contributed by atoms with van der Waals surface area (Å²) in [5, 5.41) is 8.42. The lowest BCUT2D eigenvalue weighted by molar-refractivity contribution is -0.00208. The van der Waals surface area contributed by atoms with Gasteiger partial charge in [0.05, 0.1) is 26.0 Å². The largest absolute Gasteiger partial charge is 0.497 e. The Balaban J connectivity index is 1.44. The van der Waals surface area contributed by atoms with Crippen molar-refractivity contribution < 1.29 is 14.3 Å². The van der Waals surface area contributed by atoms with Crippen LogP contribution in [-0.2, 0) is 17.9 Å². The Kier molecular flexibility index (Phi) is 5.32. The summed E-state index contributed by atoms with van der Waals surface area (Å²) in [6.07, 6.45) is -0.113. The number of hydrogen-bond donors (Lipinski definition) is 0. The molecule has 28 heavy (non-hydrogen) atoms. The molecule has 1 aromatic heterocycles. The fourth-order valence-corrected chi connectivity index (χ4v) is 3.79. The minimum atomic E-state index is -0.113. The maximum absolute atomic E-state index is 13.0. The molecule has 1 unspecified atom stereocenters. The van der Waals surface area contributed by atoms with Crippen molar-refractivity contribution in [3.63, 3.8) is 0 Å². The van der Waals surface area contributed by atoms with Gasteiger partial charge < -0.3 is 14.4 Å². The molecule has 0 aliphatic carbocycles. The average Bonchev–Trinajstić information content (AvgIpc) is 3.16. The Morgan fingerprint density at radius 2 is 1.89 bits per heavy atom. The van der Waals surface area contributed by atoms with Crippen molar-refractivity contribution in [1.29, 1.82) is 0 Å². The highest BCUT2D eigenvalue weighted by Gasteiger charge is 2.31. The quantitative estimate of drug-likeness (QED) is 0.798. The molecule has 3 heterocycles. The first kappa shape index (κ1) is 18.9. The van der Waals surface area contributed by atoms with Gasteiger partial charge in [-0.3, -0.25) is 9.69 Å². The van der Waals surface area contributed by atoms with Gasteiger partial charge in [-0.15, -0.1) is 5.10 Å². The van der Waals surface area contributed by atoms with Crippen LogP contribution in [0.25, 0.3) is 0 Å². The van der Waals surface area contributed by atoms with Crippen LogP contribution in [0, 0.1) is 0 Å². The van der Waals surface area contributed by atoms with Crippen LogP contribution in [-0.4, -0.2) is 70.0 Å². The average molecular weight is 385 g/mol. The molecule has 0 radical (unpaired) electrons. The van der Waals surface area contributed by atoms with E-state index in [0.29, 0.717) is 24.9 Å². The van der Waals surface area contributed by atoms with E-state index in [1.807, 2.05) is 29.2 Å². The molecule has 1 aromatic carbocycles. The van der Waals surface area contributed by atoms with E-state index in [9.17, 15) is 4.79 Å². The minimum Gasteiger partial charge on any atom is -0.497 e. The summed E-state index contributed by atoms with van der Waals surface area (Å²) in [5.41, 5.74) is 2.24. The Bertz CT molecular complexity index is 825. The molecule has 0 N–H and O–H groups in total. The van der Waals surface area contributed by atoms with Gasteiger partial charge in [-0.2, -0.15) is 0 Å². The Labute approximate surface area is 165 Å². The van der Waals surface area contributed by atoms with Gasteiger partial charge in [-0.1, -0.05) is 17.3 Å². The predicted octanol–water partition coefficient (Wildman–Crippen LogP) is 1.72. The number of ether oxygens (including phenoxy) is 2. The fraction of sp³-hybridized carbons (Fsp3) is 0.550. The second-order valence-corrected chi connectivity index (χ2v) is 7.56. The molecule has 2 aromatic rings. The summed E-state index contributed by atoms with van der Waals surface area (Å²) < 4.78 is 13.0. The van der Waals surface area contributed by atoms with Gasteiger partial charge in [0.1, 0.15) is 11.9 Å². The summed E-state index contributed by atoms with van der Waals surface area (Å²) >= 11 is 0. The normalized spacial score (nSPS) is 20.3. The molecule has 150 valence electrons. The lowest BCUT2D eigenvalue weighted by Crippen LogP contribution is -2.51. The molecule has 0 bridgehead atoms. The number of amides is 1. The van der Waals surface area contributed by atoms with Crippen LogP contribution in [0.2, 0.25) is 0 Å². The summed E-state index contributed by atoms with van der Waals surface area (Å²) in [6.45, 7) is 8.47. The van der Waals surface area contributed by atoms with Crippen LogP contribution in [0.15, 0.2) is 24.3 Å². The zero-order valence-corrected chi connectivity index (χ0v) is 16.7. The molecule has 2 aliphatic heterocycles. The number of carbonyl (C=O) groups is 1. The molecule has 1 saturated heterocycles. The number of rotatable bonds is 4. The van der Waals surface area contributed by atoms with E-state index in [-0.39, 0.29) is 12.0 Å². The second-order valence-electron chi connectivity index (χ2n) is 7.56. The van der Waals surface area contributed by atoms with Crippen LogP contribution in [0.4, 0.5) is 0 Å². The maximum atomic E-state index is 13.0. The molecule has 0 spiro atoms. The highest BCUT2D eigenvalue weighted by molar-refractivity contribution is 5.93. The van der Waals surface area contributed by atoms with E-state index in [1.54, 1.807) is 11.8 Å². The van der Waals surface area contributed by atoms with Gasteiger partial charge in [-0.25, -0.2) is 4.68 Å². The van der Waals surface area contributed by atoms with Crippen LogP contribution >= 0.6 is 0 Å². The van der Waals surface area contributed by atoms with Crippen molar-refractivity contribution in [3.8, 4) is 5.75 Å². The topological polar surface area (TPSA) is 72.7 Å². The van der Waals surface area contributed by atoms with Crippen molar-refractivity contribution >= 4 is 5.91 Å². The number of fused-ring (bicyclic) bond motifs is 1. The summed E-state index contributed by atoms with van der Waals surface area (Å²) in [7, 11) is 1.65. The van der Waals surface area contributed by atoms with Crippen molar-refractivity contribution in [2.75, 3.05) is 33.3 Å².